The lowest BCUT2D eigenvalue weighted by molar-refractivity contribution is -0.108. The van der Waals surface area contributed by atoms with Crippen LogP contribution in [0, 0.1) is 0 Å². The van der Waals surface area contributed by atoms with E-state index in [1.807, 2.05) is 6.92 Å². The topological polar surface area (TPSA) is 17.1 Å². The summed E-state index contributed by atoms with van der Waals surface area (Å²) in [7, 11) is 0. The molecule has 0 aliphatic heterocycles. The second-order valence-corrected chi connectivity index (χ2v) is 1.98. The predicted molar refractivity (Wildman–Crippen MR) is 35.1 cm³/mol. The van der Waals surface area contributed by atoms with Gasteiger partial charge >= 0.3 is 0 Å². The molecule has 0 saturated carbocycles. The fourth-order valence-electron chi connectivity index (χ4n) is 0.259. The van der Waals surface area contributed by atoms with Crippen LogP contribution in [-0.4, -0.2) is 5.24 Å². The van der Waals surface area contributed by atoms with Crippen molar-refractivity contribution in [2.75, 3.05) is 0 Å². The van der Waals surface area contributed by atoms with E-state index in [0.29, 0.717) is 0 Å². The van der Waals surface area contributed by atoms with E-state index in [1.54, 1.807) is 6.08 Å². The third kappa shape index (κ3) is 3.05. The smallest absolute Gasteiger partial charge is 0.263 e. The molecule has 0 saturated heterocycles. The Morgan fingerprint density at radius 1 is 1.62 bits per heavy atom. The highest BCUT2D eigenvalue weighted by Gasteiger charge is 1.97. The second-order valence-electron chi connectivity index (χ2n) is 1.23. The Labute approximate surface area is 58.3 Å². The third-order valence-corrected chi connectivity index (χ3v) is 1.20. The number of carbonyl (C=O) groups excluding carboxylic acids is 1. The first-order valence-corrected chi connectivity index (χ1v) is 2.99. The van der Waals surface area contributed by atoms with Gasteiger partial charge in [-0.15, -0.1) is 0 Å². The van der Waals surface area contributed by atoms with Crippen LogP contribution in [0.15, 0.2) is 11.1 Å². The van der Waals surface area contributed by atoms with Gasteiger partial charge in [-0.05, 0) is 18.0 Å². The first-order chi connectivity index (χ1) is 3.68. The summed E-state index contributed by atoms with van der Waals surface area (Å²) in [6, 6.07) is 0. The summed E-state index contributed by atoms with van der Waals surface area (Å²) in [5.74, 6) is 0. The first kappa shape index (κ1) is 7.99. The summed E-state index contributed by atoms with van der Waals surface area (Å²) >= 11 is 10.3. The molecular formula is C5H6Cl2O. The van der Waals surface area contributed by atoms with Crippen molar-refractivity contribution in [1.82, 2.24) is 0 Å². The van der Waals surface area contributed by atoms with Gasteiger partial charge in [-0.3, -0.25) is 4.79 Å². The molecule has 0 rings (SSSR count). The Kier molecular flexibility index (Phi) is 3.92. The third-order valence-electron chi connectivity index (χ3n) is 0.571. The van der Waals surface area contributed by atoms with E-state index in [2.05, 4.69) is 0 Å². The van der Waals surface area contributed by atoms with Crippen molar-refractivity contribution in [2.45, 2.75) is 13.3 Å². The van der Waals surface area contributed by atoms with Gasteiger partial charge in [-0.1, -0.05) is 24.6 Å². The average molecular weight is 153 g/mol. The van der Waals surface area contributed by atoms with Crippen LogP contribution in [0.4, 0.5) is 0 Å². The van der Waals surface area contributed by atoms with Gasteiger partial charge in [0.25, 0.3) is 5.24 Å². The van der Waals surface area contributed by atoms with Gasteiger partial charge in [0.05, 0.1) is 5.03 Å². The van der Waals surface area contributed by atoms with Gasteiger partial charge in [-0.25, -0.2) is 0 Å². The van der Waals surface area contributed by atoms with Crippen LogP contribution in [0.1, 0.15) is 13.3 Å². The first-order valence-electron chi connectivity index (χ1n) is 2.24. The number of hydrogen-bond donors (Lipinski definition) is 0. The quantitative estimate of drug-likeness (QED) is 0.439. The number of hydrogen-bond acceptors (Lipinski definition) is 1. The summed E-state index contributed by atoms with van der Waals surface area (Å²) in [6.07, 6.45) is 2.30. The van der Waals surface area contributed by atoms with Crippen molar-refractivity contribution in [3.63, 3.8) is 0 Å². The van der Waals surface area contributed by atoms with Gasteiger partial charge in [0.2, 0.25) is 0 Å². The fourth-order valence-corrected chi connectivity index (χ4v) is 0.491. The molecule has 1 nitrogen and oxygen atoms in total. The maximum atomic E-state index is 10.1. The van der Waals surface area contributed by atoms with E-state index >= 15 is 0 Å². The molecule has 0 aromatic heterocycles. The molecule has 46 valence electrons. The highest BCUT2D eigenvalue weighted by molar-refractivity contribution is 6.74. The van der Waals surface area contributed by atoms with Crippen molar-refractivity contribution < 1.29 is 4.79 Å². The largest absolute Gasteiger partial charge is 0.275 e. The Hall–Kier alpha value is -0.0100. The molecule has 0 atom stereocenters. The fraction of sp³-hybridized carbons (Fsp3) is 0.400. The van der Waals surface area contributed by atoms with Crippen LogP contribution in [-0.2, 0) is 4.79 Å². The van der Waals surface area contributed by atoms with Crippen LogP contribution in [0.25, 0.3) is 0 Å². The van der Waals surface area contributed by atoms with Crippen LogP contribution in [0.3, 0.4) is 0 Å². The van der Waals surface area contributed by atoms with Crippen molar-refractivity contribution in [3.05, 3.63) is 11.1 Å². The minimum atomic E-state index is -0.589. The lowest BCUT2D eigenvalue weighted by atomic mass is 10.4. The minimum Gasteiger partial charge on any atom is -0.275 e. The van der Waals surface area contributed by atoms with Crippen LogP contribution in [0.5, 0.6) is 0 Å². The lowest BCUT2D eigenvalue weighted by Gasteiger charge is -1.83. The van der Waals surface area contributed by atoms with Gasteiger partial charge < -0.3 is 0 Å². The Morgan fingerprint density at radius 3 is 2.25 bits per heavy atom. The highest BCUT2D eigenvalue weighted by atomic mass is 35.5. The van der Waals surface area contributed by atoms with Crippen molar-refractivity contribution in [2.24, 2.45) is 0 Å². The van der Waals surface area contributed by atoms with E-state index in [4.69, 9.17) is 23.2 Å². The summed E-state index contributed by atoms with van der Waals surface area (Å²) in [6.45, 7) is 1.88. The Bertz CT molecular complexity index is 118. The van der Waals surface area contributed by atoms with E-state index in [-0.39, 0.29) is 5.03 Å². The van der Waals surface area contributed by atoms with Gasteiger partial charge in [0.15, 0.2) is 0 Å². The molecule has 0 aromatic rings. The highest BCUT2D eigenvalue weighted by Crippen LogP contribution is 2.05. The Morgan fingerprint density at radius 2 is 2.12 bits per heavy atom. The molecule has 0 aliphatic rings. The Balaban J connectivity index is 3.80. The zero-order chi connectivity index (χ0) is 6.57. The summed E-state index contributed by atoms with van der Waals surface area (Å²) in [5.41, 5.74) is 0. The zero-order valence-corrected chi connectivity index (χ0v) is 5.96. The molecule has 0 unspecified atom stereocenters. The molecule has 0 amide bonds. The van der Waals surface area contributed by atoms with Crippen LogP contribution >= 0.6 is 23.2 Å². The van der Waals surface area contributed by atoms with E-state index < -0.39 is 5.24 Å². The molecular weight excluding hydrogens is 147 g/mol. The molecule has 0 aromatic carbocycles. The maximum absolute atomic E-state index is 10.1. The zero-order valence-electron chi connectivity index (χ0n) is 4.45. The molecule has 0 aliphatic carbocycles. The van der Waals surface area contributed by atoms with Crippen LogP contribution < -0.4 is 0 Å². The van der Waals surface area contributed by atoms with E-state index in [0.717, 1.165) is 6.42 Å². The molecule has 0 heterocycles. The normalized spacial score (nSPS) is 11.6. The molecule has 3 heteroatoms. The number of halogens is 2. The van der Waals surface area contributed by atoms with Gasteiger partial charge in [0, 0.05) is 0 Å². The number of carbonyl (C=O) groups is 1. The SMILES string of the molecule is CC/C=C(\Cl)C(=O)Cl. The van der Waals surface area contributed by atoms with E-state index in [9.17, 15) is 4.79 Å². The maximum Gasteiger partial charge on any atom is 0.263 e. The standard InChI is InChI=1S/C5H6Cl2O/c1-2-3-4(6)5(7)8/h3H,2H2,1H3/b4-3-. The lowest BCUT2D eigenvalue weighted by Crippen LogP contribution is -1.82. The van der Waals surface area contributed by atoms with E-state index in [1.165, 1.54) is 0 Å². The van der Waals surface area contributed by atoms with Crippen LogP contribution in [0.2, 0.25) is 0 Å². The second kappa shape index (κ2) is 3.93. The average Bonchev–Trinajstić information content (AvgIpc) is 1.67. The minimum absolute atomic E-state index is 0.106. The van der Waals surface area contributed by atoms with Crippen molar-refractivity contribution in [3.8, 4) is 0 Å². The summed E-state index contributed by atoms with van der Waals surface area (Å²) in [5, 5.41) is -0.484. The molecule has 0 bridgehead atoms. The van der Waals surface area contributed by atoms with Gasteiger partial charge in [0.1, 0.15) is 0 Å². The molecule has 0 fully saturated rings. The monoisotopic (exact) mass is 152 g/mol. The van der Waals surface area contributed by atoms with Gasteiger partial charge in [-0.2, -0.15) is 0 Å². The van der Waals surface area contributed by atoms with Crippen molar-refractivity contribution >= 4 is 28.4 Å². The number of rotatable bonds is 2. The van der Waals surface area contributed by atoms with Crippen molar-refractivity contribution in [1.29, 1.82) is 0 Å². The molecule has 0 N–H and O–H groups in total. The molecule has 8 heavy (non-hydrogen) atoms. The number of allylic oxidation sites excluding steroid dienone is 2. The summed E-state index contributed by atoms with van der Waals surface area (Å²) in [4.78, 5) is 10.1. The molecule has 0 spiro atoms. The molecule has 0 radical (unpaired) electrons. The predicted octanol–water partition coefficient (Wildman–Crippen LogP) is 2.28. The summed E-state index contributed by atoms with van der Waals surface area (Å²) < 4.78 is 0.